The third-order valence-electron chi connectivity index (χ3n) is 5.17. The van der Waals surface area contributed by atoms with Crippen LogP contribution in [-0.2, 0) is 9.53 Å². The average molecular weight is 403 g/mol. The number of hydrogen-bond acceptors (Lipinski definition) is 5. The van der Waals surface area contributed by atoms with Crippen LogP contribution >= 0.6 is 0 Å². The molecule has 0 aliphatic heterocycles. The molecule has 0 aromatic heterocycles. The lowest BCUT2D eigenvalue weighted by molar-refractivity contribution is -0.140. The van der Waals surface area contributed by atoms with Crippen molar-refractivity contribution in [1.29, 1.82) is 5.26 Å². The van der Waals surface area contributed by atoms with Crippen LogP contribution < -0.4 is 9.47 Å². The fourth-order valence-electron chi connectivity index (χ4n) is 3.53. The van der Waals surface area contributed by atoms with E-state index in [1.54, 1.807) is 25.3 Å². The predicted octanol–water partition coefficient (Wildman–Crippen LogP) is 4.59. The van der Waals surface area contributed by atoms with Crippen molar-refractivity contribution >= 4 is 5.97 Å². The summed E-state index contributed by atoms with van der Waals surface area (Å²) in [6.07, 6.45) is 4.72. The SMILES string of the molecule is COC(=O)C[C@H](C#Cc1cccc(C#N)c1)c1ccc(OC)c(OC2CCCC2)c1. The molecule has 0 unspecified atom stereocenters. The fraction of sp³-hybridized carbons (Fsp3) is 0.360. The highest BCUT2D eigenvalue weighted by molar-refractivity contribution is 5.71. The Hall–Kier alpha value is -3.44. The molecule has 30 heavy (non-hydrogen) atoms. The maximum absolute atomic E-state index is 12.0. The topological polar surface area (TPSA) is 68.6 Å². The van der Waals surface area contributed by atoms with Gasteiger partial charge in [-0.3, -0.25) is 4.79 Å². The van der Waals surface area contributed by atoms with E-state index in [1.807, 2.05) is 24.3 Å². The summed E-state index contributed by atoms with van der Waals surface area (Å²) in [7, 11) is 2.98. The van der Waals surface area contributed by atoms with Crippen LogP contribution in [0.4, 0.5) is 0 Å². The van der Waals surface area contributed by atoms with Gasteiger partial charge >= 0.3 is 5.97 Å². The number of carbonyl (C=O) groups is 1. The second kappa shape index (κ2) is 10.4. The Morgan fingerprint density at radius 3 is 2.57 bits per heavy atom. The van der Waals surface area contributed by atoms with Gasteiger partial charge < -0.3 is 14.2 Å². The summed E-state index contributed by atoms with van der Waals surface area (Å²) < 4.78 is 16.5. The number of benzene rings is 2. The zero-order valence-corrected chi connectivity index (χ0v) is 17.3. The fourth-order valence-corrected chi connectivity index (χ4v) is 3.53. The van der Waals surface area contributed by atoms with E-state index in [9.17, 15) is 4.79 Å². The summed E-state index contributed by atoms with van der Waals surface area (Å²) in [6.45, 7) is 0. The third kappa shape index (κ3) is 5.55. The second-order valence-corrected chi connectivity index (χ2v) is 7.23. The number of ether oxygens (including phenoxy) is 3. The van der Waals surface area contributed by atoms with Crippen LogP contribution in [0.2, 0.25) is 0 Å². The Morgan fingerprint density at radius 1 is 1.10 bits per heavy atom. The average Bonchev–Trinajstić information content (AvgIpc) is 3.29. The molecule has 0 radical (unpaired) electrons. The van der Waals surface area contributed by atoms with Gasteiger partial charge in [-0.05, 0) is 61.6 Å². The van der Waals surface area contributed by atoms with E-state index < -0.39 is 0 Å². The summed E-state index contributed by atoms with van der Waals surface area (Å²) in [6, 6.07) is 14.9. The molecule has 1 aliphatic rings. The van der Waals surface area contributed by atoms with Gasteiger partial charge in [-0.25, -0.2) is 0 Å². The van der Waals surface area contributed by atoms with E-state index >= 15 is 0 Å². The van der Waals surface area contributed by atoms with Crippen LogP contribution in [0.5, 0.6) is 11.5 Å². The van der Waals surface area contributed by atoms with E-state index in [-0.39, 0.29) is 24.4 Å². The quantitative estimate of drug-likeness (QED) is 0.521. The molecule has 0 heterocycles. The van der Waals surface area contributed by atoms with Crippen molar-refractivity contribution in [3.63, 3.8) is 0 Å². The predicted molar refractivity (Wildman–Crippen MR) is 113 cm³/mol. The lowest BCUT2D eigenvalue weighted by Crippen LogP contribution is -2.12. The largest absolute Gasteiger partial charge is 0.493 e. The van der Waals surface area contributed by atoms with E-state index in [0.29, 0.717) is 17.1 Å². The van der Waals surface area contributed by atoms with Crippen molar-refractivity contribution < 1.29 is 19.0 Å². The Morgan fingerprint density at radius 2 is 1.87 bits per heavy atom. The number of hydrogen-bond donors (Lipinski definition) is 0. The molecule has 2 aromatic rings. The standard InChI is InChI=1S/C25H25NO4/c1-28-23-13-12-20(15-24(23)30-22-8-3-4-9-22)21(16-25(27)29-2)11-10-18-6-5-7-19(14-18)17-26/h5-7,12-15,21-22H,3-4,8-9,16H2,1-2H3/t21-/m0/s1. The van der Waals surface area contributed by atoms with Crippen LogP contribution in [0.3, 0.4) is 0 Å². The van der Waals surface area contributed by atoms with Crippen molar-refractivity contribution in [1.82, 2.24) is 0 Å². The van der Waals surface area contributed by atoms with Gasteiger partial charge in [0.15, 0.2) is 11.5 Å². The Balaban J connectivity index is 1.92. The summed E-state index contributed by atoms with van der Waals surface area (Å²) in [5.74, 6) is 6.88. The highest BCUT2D eigenvalue weighted by Crippen LogP contribution is 2.35. The maximum Gasteiger partial charge on any atom is 0.307 e. The Labute approximate surface area is 177 Å². The molecule has 1 saturated carbocycles. The van der Waals surface area contributed by atoms with Gasteiger partial charge in [0, 0.05) is 5.56 Å². The smallest absolute Gasteiger partial charge is 0.307 e. The number of nitriles is 1. The van der Waals surface area contributed by atoms with Crippen LogP contribution in [-0.4, -0.2) is 26.3 Å². The van der Waals surface area contributed by atoms with Gasteiger partial charge in [0.1, 0.15) is 0 Å². The molecule has 3 rings (SSSR count). The van der Waals surface area contributed by atoms with E-state index in [2.05, 4.69) is 17.9 Å². The Kier molecular flexibility index (Phi) is 7.35. The molecule has 1 fully saturated rings. The summed E-state index contributed by atoms with van der Waals surface area (Å²) in [4.78, 5) is 12.0. The second-order valence-electron chi connectivity index (χ2n) is 7.23. The third-order valence-corrected chi connectivity index (χ3v) is 5.17. The minimum atomic E-state index is -0.375. The first-order valence-electron chi connectivity index (χ1n) is 10.1. The first-order valence-corrected chi connectivity index (χ1v) is 10.1. The zero-order chi connectivity index (χ0) is 21.3. The number of methoxy groups -OCH3 is 2. The van der Waals surface area contributed by atoms with E-state index in [1.165, 1.54) is 20.0 Å². The monoisotopic (exact) mass is 403 g/mol. The molecule has 0 spiro atoms. The van der Waals surface area contributed by atoms with Crippen LogP contribution in [0.1, 0.15) is 54.7 Å². The molecule has 1 aliphatic carbocycles. The van der Waals surface area contributed by atoms with Crippen LogP contribution in [0, 0.1) is 23.2 Å². The number of rotatable bonds is 6. The van der Waals surface area contributed by atoms with Crippen LogP contribution in [0.25, 0.3) is 0 Å². The molecule has 1 atom stereocenters. The van der Waals surface area contributed by atoms with Crippen molar-refractivity contribution in [2.75, 3.05) is 14.2 Å². The number of carbonyl (C=O) groups excluding carboxylic acids is 1. The van der Waals surface area contributed by atoms with E-state index in [4.69, 9.17) is 19.5 Å². The first kappa shape index (κ1) is 21.3. The van der Waals surface area contributed by atoms with Gasteiger partial charge in [0.2, 0.25) is 0 Å². The highest BCUT2D eigenvalue weighted by Gasteiger charge is 2.21. The van der Waals surface area contributed by atoms with Crippen molar-refractivity contribution in [3.8, 4) is 29.4 Å². The number of nitrogens with zero attached hydrogens (tertiary/aromatic N) is 1. The lowest BCUT2D eigenvalue weighted by Gasteiger charge is -2.18. The number of esters is 1. The van der Waals surface area contributed by atoms with E-state index in [0.717, 1.165) is 24.0 Å². The van der Waals surface area contributed by atoms with Crippen molar-refractivity contribution in [2.24, 2.45) is 0 Å². The molecule has 0 N–H and O–H groups in total. The van der Waals surface area contributed by atoms with Gasteiger partial charge in [-0.1, -0.05) is 24.0 Å². The summed E-state index contributed by atoms with van der Waals surface area (Å²) in [5.41, 5.74) is 2.13. The summed E-state index contributed by atoms with van der Waals surface area (Å²) in [5, 5.41) is 9.08. The highest BCUT2D eigenvalue weighted by atomic mass is 16.5. The first-order chi connectivity index (χ1) is 14.6. The zero-order valence-electron chi connectivity index (χ0n) is 17.3. The molecule has 0 saturated heterocycles. The van der Waals surface area contributed by atoms with Gasteiger partial charge in [0.05, 0.1) is 44.3 Å². The molecular weight excluding hydrogens is 378 g/mol. The minimum absolute atomic E-state index is 0.122. The van der Waals surface area contributed by atoms with Crippen molar-refractivity contribution in [3.05, 3.63) is 59.2 Å². The molecular formula is C25H25NO4. The normalized spacial score (nSPS) is 14.2. The maximum atomic E-state index is 12.0. The molecule has 154 valence electrons. The van der Waals surface area contributed by atoms with Gasteiger partial charge in [0.25, 0.3) is 0 Å². The molecule has 0 amide bonds. The van der Waals surface area contributed by atoms with Crippen molar-refractivity contribution in [2.45, 2.75) is 44.1 Å². The summed E-state index contributed by atoms with van der Waals surface area (Å²) >= 11 is 0. The molecule has 5 heteroatoms. The lowest BCUT2D eigenvalue weighted by atomic mass is 9.95. The van der Waals surface area contributed by atoms with Gasteiger partial charge in [-0.2, -0.15) is 5.26 Å². The molecule has 2 aromatic carbocycles. The molecule has 0 bridgehead atoms. The molecule has 5 nitrogen and oxygen atoms in total. The minimum Gasteiger partial charge on any atom is -0.493 e. The van der Waals surface area contributed by atoms with Crippen LogP contribution in [0.15, 0.2) is 42.5 Å². The van der Waals surface area contributed by atoms with Gasteiger partial charge in [-0.15, -0.1) is 0 Å². The Bertz CT molecular complexity index is 990.